The zero-order chi connectivity index (χ0) is 17.1. The molecule has 3 rings (SSSR count). The molecule has 0 spiro atoms. The molecule has 0 aliphatic rings. The summed E-state index contributed by atoms with van der Waals surface area (Å²) in [5, 5.41) is 9.68. The molecule has 0 radical (unpaired) electrons. The normalized spacial score (nSPS) is 10.5. The molecule has 0 aliphatic heterocycles. The fourth-order valence-electron chi connectivity index (χ4n) is 2.03. The first-order chi connectivity index (χ1) is 11.6. The molecule has 0 saturated heterocycles. The highest BCUT2D eigenvalue weighted by molar-refractivity contribution is 7.98. The zero-order valence-electron chi connectivity index (χ0n) is 12.0. The second kappa shape index (κ2) is 6.91. The average Bonchev–Trinajstić information content (AvgIpc) is 3.08. The van der Waals surface area contributed by atoms with Crippen LogP contribution in [0.4, 0.5) is 4.39 Å². The summed E-state index contributed by atoms with van der Waals surface area (Å²) in [6, 6.07) is 9.46. The minimum absolute atomic E-state index is 0.141. The summed E-state index contributed by atoms with van der Waals surface area (Å²) in [7, 11) is 0. The Morgan fingerprint density at radius 2 is 2.21 bits per heavy atom. The third-order valence-corrected chi connectivity index (χ3v) is 4.43. The quantitative estimate of drug-likeness (QED) is 0.561. The number of furan rings is 1. The predicted molar refractivity (Wildman–Crippen MR) is 88.2 cm³/mol. The first-order valence-electron chi connectivity index (χ1n) is 6.74. The monoisotopic (exact) mass is 361 g/mol. The second-order valence-electron chi connectivity index (χ2n) is 4.67. The maximum atomic E-state index is 13.8. The molecule has 0 bridgehead atoms. The van der Waals surface area contributed by atoms with Crippen LogP contribution in [0, 0.1) is 17.1 Å². The Labute approximate surface area is 145 Å². The van der Waals surface area contributed by atoms with Crippen LogP contribution < -0.4 is 5.56 Å². The molecule has 2 heterocycles. The van der Waals surface area contributed by atoms with Gasteiger partial charge in [-0.2, -0.15) is 5.26 Å². The molecule has 0 unspecified atom stereocenters. The standard InChI is InChI=1S/C16H9ClFN3O2S/c17-11-3-1-4-12(18)10(11)8-24-16-20-14(13-5-2-6-23-13)9(7-19)15(22)21-16/h1-6H,8H2,(H,20,21,22). The summed E-state index contributed by atoms with van der Waals surface area (Å²) in [5.74, 6) is 0.0541. The maximum Gasteiger partial charge on any atom is 0.270 e. The van der Waals surface area contributed by atoms with E-state index in [2.05, 4.69) is 9.97 Å². The molecule has 3 aromatic rings. The number of rotatable bonds is 4. The topological polar surface area (TPSA) is 82.7 Å². The summed E-state index contributed by atoms with van der Waals surface area (Å²) in [6.45, 7) is 0. The van der Waals surface area contributed by atoms with Crippen molar-refractivity contribution in [1.29, 1.82) is 5.26 Å². The second-order valence-corrected chi connectivity index (χ2v) is 6.04. The maximum absolute atomic E-state index is 13.8. The Bertz CT molecular complexity index is 960. The first kappa shape index (κ1) is 16.3. The number of nitriles is 1. The van der Waals surface area contributed by atoms with Gasteiger partial charge in [0.15, 0.2) is 10.9 Å². The van der Waals surface area contributed by atoms with Gasteiger partial charge in [-0.05, 0) is 24.3 Å². The van der Waals surface area contributed by atoms with Gasteiger partial charge in [0.2, 0.25) is 0 Å². The lowest BCUT2D eigenvalue weighted by atomic mass is 10.2. The molecule has 120 valence electrons. The lowest BCUT2D eigenvalue weighted by Crippen LogP contribution is -2.14. The van der Waals surface area contributed by atoms with E-state index in [0.29, 0.717) is 16.3 Å². The van der Waals surface area contributed by atoms with Crippen molar-refractivity contribution < 1.29 is 8.81 Å². The predicted octanol–water partition coefficient (Wildman–Crippen LogP) is 3.99. The summed E-state index contributed by atoms with van der Waals surface area (Å²) in [6.07, 6.45) is 1.42. The van der Waals surface area contributed by atoms with Gasteiger partial charge in [0.1, 0.15) is 23.1 Å². The zero-order valence-corrected chi connectivity index (χ0v) is 13.6. The van der Waals surface area contributed by atoms with E-state index in [9.17, 15) is 9.18 Å². The summed E-state index contributed by atoms with van der Waals surface area (Å²) < 4.78 is 19.0. The Hall–Kier alpha value is -2.56. The van der Waals surface area contributed by atoms with E-state index in [0.717, 1.165) is 11.8 Å². The van der Waals surface area contributed by atoms with Crippen LogP contribution in [0.3, 0.4) is 0 Å². The molecule has 0 fully saturated rings. The van der Waals surface area contributed by atoms with E-state index in [1.807, 2.05) is 6.07 Å². The highest BCUT2D eigenvalue weighted by atomic mass is 35.5. The minimum Gasteiger partial charge on any atom is -0.463 e. The van der Waals surface area contributed by atoms with Gasteiger partial charge in [0.05, 0.1) is 6.26 Å². The van der Waals surface area contributed by atoms with Crippen molar-refractivity contribution in [3.63, 3.8) is 0 Å². The molecule has 0 atom stereocenters. The number of thioether (sulfide) groups is 1. The number of aromatic nitrogens is 2. The largest absolute Gasteiger partial charge is 0.463 e. The van der Waals surface area contributed by atoms with Gasteiger partial charge in [-0.25, -0.2) is 9.37 Å². The number of nitrogens with one attached hydrogen (secondary N) is 1. The molecule has 8 heteroatoms. The molecule has 2 aromatic heterocycles. The van der Waals surface area contributed by atoms with E-state index >= 15 is 0 Å². The number of nitrogens with zero attached hydrogens (tertiary/aromatic N) is 2. The van der Waals surface area contributed by atoms with Crippen molar-refractivity contribution in [2.45, 2.75) is 10.9 Å². The molecule has 5 nitrogen and oxygen atoms in total. The van der Waals surface area contributed by atoms with Crippen molar-refractivity contribution in [3.8, 4) is 17.5 Å². The highest BCUT2D eigenvalue weighted by Crippen LogP contribution is 2.28. The lowest BCUT2D eigenvalue weighted by molar-refractivity contribution is 0.578. The van der Waals surface area contributed by atoms with Crippen LogP contribution in [0.5, 0.6) is 0 Å². The number of hydrogen-bond donors (Lipinski definition) is 1. The van der Waals surface area contributed by atoms with E-state index in [4.69, 9.17) is 21.3 Å². The van der Waals surface area contributed by atoms with Crippen LogP contribution in [-0.2, 0) is 5.75 Å². The smallest absolute Gasteiger partial charge is 0.270 e. The van der Waals surface area contributed by atoms with Crippen LogP contribution in [-0.4, -0.2) is 9.97 Å². The van der Waals surface area contributed by atoms with Crippen molar-refractivity contribution in [3.05, 3.63) is 68.9 Å². The van der Waals surface area contributed by atoms with Crippen LogP contribution >= 0.6 is 23.4 Å². The van der Waals surface area contributed by atoms with E-state index in [-0.39, 0.29) is 22.2 Å². The molecular formula is C16H9ClFN3O2S. The molecule has 1 N–H and O–H groups in total. The summed E-state index contributed by atoms with van der Waals surface area (Å²) in [5.41, 5.74) is -0.261. The third-order valence-electron chi connectivity index (χ3n) is 3.18. The van der Waals surface area contributed by atoms with Gasteiger partial charge < -0.3 is 9.40 Å². The van der Waals surface area contributed by atoms with Crippen molar-refractivity contribution >= 4 is 23.4 Å². The van der Waals surface area contributed by atoms with Crippen molar-refractivity contribution in [1.82, 2.24) is 9.97 Å². The highest BCUT2D eigenvalue weighted by Gasteiger charge is 2.16. The molecular weight excluding hydrogens is 353 g/mol. The number of H-pyrrole nitrogens is 1. The van der Waals surface area contributed by atoms with Gasteiger partial charge in [-0.15, -0.1) is 0 Å². The van der Waals surface area contributed by atoms with Gasteiger partial charge >= 0.3 is 0 Å². The van der Waals surface area contributed by atoms with Crippen LogP contribution in [0.15, 0.2) is 51.0 Å². The van der Waals surface area contributed by atoms with Gasteiger partial charge in [0.25, 0.3) is 5.56 Å². The fraction of sp³-hybridized carbons (Fsp3) is 0.0625. The van der Waals surface area contributed by atoms with Gasteiger partial charge in [0, 0.05) is 16.3 Å². The Morgan fingerprint density at radius 3 is 2.88 bits per heavy atom. The molecule has 0 saturated carbocycles. The number of aromatic amines is 1. The van der Waals surface area contributed by atoms with E-state index in [1.165, 1.54) is 18.4 Å². The van der Waals surface area contributed by atoms with Gasteiger partial charge in [-0.3, -0.25) is 4.79 Å². The summed E-state index contributed by atoms with van der Waals surface area (Å²) >= 11 is 7.09. The lowest BCUT2D eigenvalue weighted by Gasteiger charge is -2.06. The van der Waals surface area contributed by atoms with Crippen LogP contribution in [0.1, 0.15) is 11.1 Å². The number of hydrogen-bond acceptors (Lipinski definition) is 5. The number of halogens is 2. The molecule has 1 aromatic carbocycles. The fourth-order valence-corrected chi connectivity index (χ4v) is 3.23. The van der Waals surface area contributed by atoms with Crippen molar-refractivity contribution in [2.75, 3.05) is 0 Å². The third kappa shape index (κ3) is 3.20. The average molecular weight is 362 g/mol. The van der Waals surface area contributed by atoms with Crippen LogP contribution in [0.25, 0.3) is 11.5 Å². The first-order valence-corrected chi connectivity index (χ1v) is 8.10. The minimum atomic E-state index is -0.582. The Morgan fingerprint density at radius 1 is 1.38 bits per heavy atom. The molecule has 0 amide bonds. The van der Waals surface area contributed by atoms with Crippen molar-refractivity contribution in [2.24, 2.45) is 0 Å². The SMILES string of the molecule is N#Cc1c(-c2ccco2)nc(SCc2c(F)cccc2Cl)[nH]c1=O. The summed E-state index contributed by atoms with van der Waals surface area (Å²) in [4.78, 5) is 18.8. The number of benzene rings is 1. The van der Waals surface area contributed by atoms with Gasteiger partial charge in [-0.1, -0.05) is 29.4 Å². The van der Waals surface area contributed by atoms with E-state index in [1.54, 1.807) is 18.2 Å². The van der Waals surface area contributed by atoms with Crippen LogP contribution in [0.2, 0.25) is 5.02 Å². The molecule has 0 aliphatic carbocycles. The van der Waals surface area contributed by atoms with E-state index < -0.39 is 11.4 Å². The Kier molecular flexibility index (Phi) is 4.69. The Balaban J connectivity index is 1.95. The molecule has 24 heavy (non-hydrogen) atoms.